The topological polar surface area (TPSA) is 76.7 Å². The number of amides is 2. The zero-order valence-electron chi connectivity index (χ0n) is 13.5. The van der Waals surface area contributed by atoms with Gasteiger partial charge in [0.05, 0.1) is 13.7 Å². The highest BCUT2D eigenvalue weighted by Gasteiger charge is 2.24. The van der Waals surface area contributed by atoms with Gasteiger partial charge in [0.1, 0.15) is 6.04 Å². The molecule has 1 atom stereocenters. The van der Waals surface area contributed by atoms with Crippen LogP contribution in [0, 0.1) is 5.92 Å². The molecule has 6 heteroatoms. The number of anilines is 1. The normalized spacial score (nSPS) is 11.9. The van der Waals surface area contributed by atoms with Crippen LogP contribution in [0.5, 0.6) is 0 Å². The van der Waals surface area contributed by atoms with Crippen LogP contribution in [0.25, 0.3) is 0 Å². The maximum Gasteiger partial charge on any atom is 0.407 e. The van der Waals surface area contributed by atoms with Crippen LogP contribution in [0.2, 0.25) is 0 Å². The van der Waals surface area contributed by atoms with E-state index in [1.165, 1.54) is 7.11 Å². The van der Waals surface area contributed by atoms with Crippen molar-refractivity contribution < 1.29 is 19.1 Å². The summed E-state index contributed by atoms with van der Waals surface area (Å²) in [4.78, 5) is 23.6. The number of carbonyl (C=O) groups excluding carboxylic acids is 2. The highest BCUT2D eigenvalue weighted by molar-refractivity contribution is 5.96. The van der Waals surface area contributed by atoms with E-state index >= 15 is 0 Å². The fraction of sp³-hybridized carbons (Fsp3) is 0.500. The molecule has 1 rings (SSSR count). The van der Waals surface area contributed by atoms with Gasteiger partial charge in [-0.2, -0.15) is 0 Å². The molecule has 1 unspecified atom stereocenters. The summed E-state index contributed by atoms with van der Waals surface area (Å²) in [6, 6.07) is 6.76. The van der Waals surface area contributed by atoms with Crippen LogP contribution in [-0.2, 0) is 20.9 Å². The predicted molar refractivity (Wildman–Crippen MR) is 84.6 cm³/mol. The summed E-state index contributed by atoms with van der Waals surface area (Å²) >= 11 is 0. The minimum Gasteiger partial charge on any atom is -0.453 e. The Bertz CT molecular complexity index is 503. The van der Waals surface area contributed by atoms with Gasteiger partial charge in [0.2, 0.25) is 5.91 Å². The Morgan fingerprint density at radius 3 is 2.59 bits per heavy atom. The first-order valence-corrected chi connectivity index (χ1v) is 7.30. The van der Waals surface area contributed by atoms with E-state index in [1.54, 1.807) is 6.07 Å². The van der Waals surface area contributed by atoms with Crippen LogP contribution >= 0.6 is 0 Å². The van der Waals surface area contributed by atoms with Crippen LogP contribution in [-0.4, -0.2) is 31.8 Å². The number of methoxy groups -OCH3 is 1. The number of benzene rings is 1. The Hall–Kier alpha value is -2.08. The molecule has 0 heterocycles. The van der Waals surface area contributed by atoms with Gasteiger partial charge in [-0.05, 0) is 30.5 Å². The molecular weight excluding hydrogens is 284 g/mol. The summed E-state index contributed by atoms with van der Waals surface area (Å²) < 4.78 is 9.89. The van der Waals surface area contributed by atoms with Gasteiger partial charge in [0, 0.05) is 12.3 Å². The van der Waals surface area contributed by atoms with Gasteiger partial charge in [-0.25, -0.2) is 4.79 Å². The zero-order valence-corrected chi connectivity index (χ0v) is 13.5. The molecule has 2 N–H and O–H groups in total. The Morgan fingerprint density at radius 2 is 2.00 bits per heavy atom. The van der Waals surface area contributed by atoms with Crippen molar-refractivity contribution in [1.82, 2.24) is 5.32 Å². The van der Waals surface area contributed by atoms with Crippen molar-refractivity contribution in [3.05, 3.63) is 29.8 Å². The average Bonchev–Trinajstić information content (AvgIpc) is 2.50. The molecule has 1 aromatic rings. The summed E-state index contributed by atoms with van der Waals surface area (Å²) in [5, 5.41) is 5.34. The molecular formula is C16H24N2O4. The smallest absolute Gasteiger partial charge is 0.407 e. The maximum atomic E-state index is 12.3. The molecule has 0 saturated heterocycles. The van der Waals surface area contributed by atoms with Crippen LogP contribution in [0.3, 0.4) is 0 Å². The van der Waals surface area contributed by atoms with E-state index in [0.717, 1.165) is 5.56 Å². The second-order valence-corrected chi connectivity index (χ2v) is 5.18. The second kappa shape index (κ2) is 9.04. The minimum absolute atomic E-state index is 0.0642. The lowest BCUT2D eigenvalue weighted by Crippen LogP contribution is -2.47. The first-order valence-electron chi connectivity index (χ1n) is 7.30. The number of carbonyl (C=O) groups is 2. The molecule has 22 heavy (non-hydrogen) atoms. The lowest BCUT2D eigenvalue weighted by Gasteiger charge is -2.21. The van der Waals surface area contributed by atoms with Crippen molar-refractivity contribution in [3.63, 3.8) is 0 Å². The van der Waals surface area contributed by atoms with Gasteiger partial charge < -0.3 is 20.1 Å². The quantitative estimate of drug-likeness (QED) is 0.811. The van der Waals surface area contributed by atoms with E-state index in [0.29, 0.717) is 18.9 Å². The van der Waals surface area contributed by atoms with Crippen molar-refractivity contribution in [2.24, 2.45) is 5.92 Å². The third-order valence-corrected chi connectivity index (χ3v) is 3.08. The second-order valence-electron chi connectivity index (χ2n) is 5.18. The Morgan fingerprint density at radius 1 is 1.27 bits per heavy atom. The van der Waals surface area contributed by atoms with Crippen LogP contribution in [0.4, 0.5) is 10.5 Å². The standard InChI is InChI=1S/C16H24N2O4/c1-5-22-10-12-7-6-8-13(9-12)17-15(19)14(11(2)3)18-16(20)21-4/h6-9,11,14H,5,10H2,1-4H3,(H,17,19)(H,18,20). The summed E-state index contributed by atoms with van der Waals surface area (Å²) in [5.74, 6) is -0.348. The highest BCUT2D eigenvalue weighted by atomic mass is 16.5. The molecule has 6 nitrogen and oxygen atoms in total. The fourth-order valence-electron chi connectivity index (χ4n) is 1.90. The molecule has 0 aliphatic rings. The first kappa shape index (κ1) is 18.0. The van der Waals surface area contributed by atoms with Gasteiger partial charge in [-0.3, -0.25) is 4.79 Å². The molecule has 0 aromatic heterocycles. The van der Waals surface area contributed by atoms with Crippen LogP contribution in [0.15, 0.2) is 24.3 Å². The fourth-order valence-corrected chi connectivity index (χ4v) is 1.90. The lowest BCUT2D eigenvalue weighted by molar-refractivity contribution is -0.119. The number of ether oxygens (including phenoxy) is 2. The molecule has 0 saturated carbocycles. The van der Waals surface area contributed by atoms with Gasteiger partial charge in [-0.15, -0.1) is 0 Å². The molecule has 0 radical (unpaired) electrons. The molecule has 0 aliphatic carbocycles. The summed E-state index contributed by atoms with van der Waals surface area (Å²) in [5.41, 5.74) is 1.64. The van der Waals surface area contributed by atoms with E-state index < -0.39 is 12.1 Å². The Kier molecular flexibility index (Phi) is 7.39. The monoisotopic (exact) mass is 308 g/mol. The molecule has 0 fully saturated rings. The van der Waals surface area contributed by atoms with Gasteiger partial charge in [0.25, 0.3) is 0 Å². The van der Waals surface area contributed by atoms with Crippen molar-refractivity contribution >= 4 is 17.7 Å². The van der Waals surface area contributed by atoms with E-state index in [9.17, 15) is 9.59 Å². The number of rotatable bonds is 7. The van der Waals surface area contributed by atoms with Gasteiger partial charge >= 0.3 is 6.09 Å². The van der Waals surface area contributed by atoms with Crippen molar-refractivity contribution in [3.8, 4) is 0 Å². The molecule has 1 aromatic carbocycles. The van der Waals surface area contributed by atoms with E-state index in [2.05, 4.69) is 15.4 Å². The highest BCUT2D eigenvalue weighted by Crippen LogP contribution is 2.13. The lowest BCUT2D eigenvalue weighted by atomic mass is 10.0. The maximum absolute atomic E-state index is 12.3. The van der Waals surface area contributed by atoms with E-state index in [4.69, 9.17) is 4.74 Å². The van der Waals surface area contributed by atoms with E-state index in [1.807, 2.05) is 39.0 Å². The SMILES string of the molecule is CCOCc1cccc(NC(=O)C(NC(=O)OC)C(C)C)c1. The Balaban J connectivity index is 2.74. The zero-order chi connectivity index (χ0) is 16.5. The van der Waals surface area contributed by atoms with Crippen LogP contribution < -0.4 is 10.6 Å². The summed E-state index contributed by atoms with van der Waals surface area (Å²) in [6.45, 7) is 6.76. The number of hydrogen-bond donors (Lipinski definition) is 2. The molecule has 0 bridgehead atoms. The Labute approximate surface area is 131 Å². The predicted octanol–water partition coefficient (Wildman–Crippen LogP) is 2.54. The number of hydrogen-bond acceptors (Lipinski definition) is 4. The molecule has 0 spiro atoms. The average molecular weight is 308 g/mol. The van der Waals surface area contributed by atoms with Crippen molar-refractivity contribution in [2.45, 2.75) is 33.4 Å². The molecule has 122 valence electrons. The first-order chi connectivity index (χ1) is 10.5. The molecule has 0 aliphatic heterocycles. The number of nitrogens with one attached hydrogen (secondary N) is 2. The van der Waals surface area contributed by atoms with Crippen LogP contribution in [0.1, 0.15) is 26.3 Å². The van der Waals surface area contributed by atoms with E-state index in [-0.39, 0.29) is 11.8 Å². The minimum atomic E-state index is -0.664. The third-order valence-electron chi connectivity index (χ3n) is 3.08. The largest absolute Gasteiger partial charge is 0.453 e. The number of alkyl carbamates (subject to hydrolysis) is 1. The summed E-state index contributed by atoms with van der Waals surface area (Å²) in [6.07, 6.45) is -0.626. The summed E-state index contributed by atoms with van der Waals surface area (Å²) in [7, 11) is 1.27. The van der Waals surface area contributed by atoms with Gasteiger partial charge in [-0.1, -0.05) is 26.0 Å². The van der Waals surface area contributed by atoms with Gasteiger partial charge in [0.15, 0.2) is 0 Å². The molecule has 2 amide bonds. The van der Waals surface area contributed by atoms with Crippen molar-refractivity contribution in [1.29, 1.82) is 0 Å². The van der Waals surface area contributed by atoms with Crippen molar-refractivity contribution in [2.75, 3.05) is 19.0 Å². The third kappa shape index (κ3) is 5.73.